The topological polar surface area (TPSA) is 57.0 Å². The lowest BCUT2D eigenvalue weighted by Crippen LogP contribution is -2.13. The highest BCUT2D eigenvalue weighted by Crippen LogP contribution is 2.14. The fraction of sp³-hybridized carbons (Fsp3) is 0.273. The summed E-state index contributed by atoms with van der Waals surface area (Å²) in [7, 11) is 0. The van der Waals surface area contributed by atoms with Crippen LogP contribution in [-0.2, 0) is 9.53 Å². The molecule has 0 atom stereocenters. The smallest absolute Gasteiger partial charge is 0.316 e. The summed E-state index contributed by atoms with van der Waals surface area (Å²) in [5.74, 6) is -0.102. The van der Waals surface area contributed by atoms with Gasteiger partial charge in [0.1, 0.15) is 5.52 Å². The molecule has 0 bridgehead atoms. The van der Waals surface area contributed by atoms with E-state index in [4.69, 9.17) is 17.0 Å². The zero-order chi connectivity index (χ0) is 13.0. The first-order valence-corrected chi connectivity index (χ1v) is 6.75. The predicted molar refractivity (Wildman–Crippen MR) is 74.6 cm³/mol. The summed E-state index contributed by atoms with van der Waals surface area (Å²) in [6.45, 7) is 2.14. The maximum absolute atomic E-state index is 11.2. The number of benzene rings is 1. The van der Waals surface area contributed by atoms with E-state index < -0.39 is 0 Å². The Kier molecular flexibility index (Phi) is 4.27. The first-order chi connectivity index (χ1) is 8.72. The predicted octanol–water partition coefficient (Wildman–Crippen LogP) is 1.86. The summed E-state index contributed by atoms with van der Waals surface area (Å²) in [5, 5.41) is 7.97. The maximum Gasteiger partial charge on any atom is 0.316 e. The van der Waals surface area contributed by atoms with Crippen LogP contribution in [0.1, 0.15) is 6.92 Å². The lowest BCUT2D eigenvalue weighted by molar-refractivity contribution is -0.139. The summed E-state index contributed by atoms with van der Waals surface area (Å²) in [4.78, 5) is 11.2. The van der Waals surface area contributed by atoms with Crippen LogP contribution >= 0.6 is 24.0 Å². The number of ether oxygens (including phenoxy) is 1. The number of hydrogen-bond acceptors (Lipinski definition) is 6. The van der Waals surface area contributed by atoms with E-state index in [1.165, 1.54) is 11.8 Å². The fourth-order valence-corrected chi connectivity index (χ4v) is 2.28. The van der Waals surface area contributed by atoms with Gasteiger partial charge in [-0.25, -0.2) is 0 Å². The van der Waals surface area contributed by atoms with Crippen molar-refractivity contribution in [3.63, 3.8) is 0 Å². The van der Waals surface area contributed by atoms with Crippen molar-refractivity contribution in [2.45, 2.75) is 6.92 Å². The Morgan fingerprint density at radius 3 is 3.06 bits per heavy atom. The molecule has 0 aliphatic carbocycles. The highest BCUT2D eigenvalue weighted by molar-refractivity contribution is 8.23. The third kappa shape index (κ3) is 2.85. The molecule has 0 saturated heterocycles. The average molecular weight is 281 g/mol. The molecule has 0 amide bonds. The van der Waals surface area contributed by atoms with Crippen LogP contribution in [0.2, 0.25) is 0 Å². The molecular formula is C11H11N3O2S2. The summed E-state index contributed by atoms with van der Waals surface area (Å²) >= 11 is 6.43. The number of esters is 1. The van der Waals surface area contributed by atoms with E-state index in [0.717, 1.165) is 11.0 Å². The van der Waals surface area contributed by atoms with E-state index >= 15 is 0 Å². The van der Waals surface area contributed by atoms with E-state index in [9.17, 15) is 4.79 Å². The third-order valence-corrected chi connectivity index (χ3v) is 3.47. The van der Waals surface area contributed by atoms with Gasteiger partial charge in [0.25, 0.3) is 0 Å². The Bertz CT molecular complexity index is 582. The lowest BCUT2D eigenvalue weighted by atomic mass is 10.3. The van der Waals surface area contributed by atoms with Crippen molar-refractivity contribution in [2.75, 3.05) is 12.4 Å². The number of para-hydroxylation sites is 1. The number of thiocarbonyl (C=S) groups is 1. The number of aromatic nitrogens is 3. The van der Waals surface area contributed by atoms with Crippen LogP contribution < -0.4 is 0 Å². The molecule has 2 aromatic rings. The first kappa shape index (κ1) is 13.0. The van der Waals surface area contributed by atoms with Gasteiger partial charge in [-0.1, -0.05) is 41.3 Å². The molecule has 0 fully saturated rings. The van der Waals surface area contributed by atoms with Gasteiger partial charge in [0, 0.05) is 0 Å². The molecule has 0 N–H and O–H groups in total. The van der Waals surface area contributed by atoms with Gasteiger partial charge in [0.15, 0.2) is 4.32 Å². The van der Waals surface area contributed by atoms with E-state index in [0.29, 0.717) is 10.9 Å². The molecule has 94 valence electrons. The normalized spacial score (nSPS) is 10.5. The molecule has 0 spiro atoms. The maximum atomic E-state index is 11.2. The van der Waals surface area contributed by atoms with Crippen LogP contribution in [0.15, 0.2) is 24.3 Å². The minimum Gasteiger partial charge on any atom is -0.465 e. The minimum atomic E-state index is -0.283. The van der Waals surface area contributed by atoms with E-state index in [1.807, 2.05) is 24.3 Å². The van der Waals surface area contributed by atoms with Crippen molar-refractivity contribution in [3.05, 3.63) is 24.3 Å². The number of carbonyl (C=O) groups excluding carboxylic acids is 1. The van der Waals surface area contributed by atoms with E-state index in [-0.39, 0.29) is 11.7 Å². The third-order valence-electron chi connectivity index (χ3n) is 2.14. The van der Waals surface area contributed by atoms with Crippen LogP contribution in [0.3, 0.4) is 0 Å². The molecular weight excluding hydrogens is 270 g/mol. The van der Waals surface area contributed by atoms with Gasteiger partial charge in [-0.15, -0.1) is 5.10 Å². The quantitative estimate of drug-likeness (QED) is 0.632. The second kappa shape index (κ2) is 5.92. The average Bonchev–Trinajstić information content (AvgIpc) is 2.80. The summed E-state index contributed by atoms with van der Waals surface area (Å²) in [6, 6.07) is 7.51. The molecule has 0 unspecified atom stereocenters. The lowest BCUT2D eigenvalue weighted by Gasteiger charge is -2.03. The first-order valence-electron chi connectivity index (χ1n) is 5.35. The van der Waals surface area contributed by atoms with Crippen molar-refractivity contribution >= 4 is 45.3 Å². The summed E-state index contributed by atoms with van der Waals surface area (Å²) in [6.07, 6.45) is 0. The zero-order valence-electron chi connectivity index (χ0n) is 9.70. The van der Waals surface area contributed by atoms with Crippen LogP contribution in [0, 0.1) is 0 Å². The van der Waals surface area contributed by atoms with Crippen LogP contribution in [-0.4, -0.2) is 37.6 Å². The Hall–Kier alpha value is -1.47. The summed E-state index contributed by atoms with van der Waals surface area (Å²) < 4.78 is 6.87. The van der Waals surface area contributed by atoms with E-state index in [1.54, 1.807) is 11.6 Å². The number of carbonyl (C=O) groups is 1. The molecule has 0 radical (unpaired) electrons. The Labute approximate surface area is 113 Å². The fourth-order valence-electron chi connectivity index (χ4n) is 1.39. The van der Waals surface area contributed by atoms with Gasteiger partial charge in [0.05, 0.1) is 17.9 Å². The molecule has 2 rings (SSSR count). The molecule has 5 nitrogen and oxygen atoms in total. The Morgan fingerprint density at radius 1 is 1.50 bits per heavy atom. The van der Waals surface area contributed by atoms with Crippen molar-refractivity contribution in [3.8, 4) is 0 Å². The van der Waals surface area contributed by atoms with Gasteiger partial charge < -0.3 is 4.74 Å². The number of thioether (sulfide) groups is 1. The second-order valence-corrected chi connectivity index (χ2v) is 4.96. The van der Waals surface area contributed by atoms with Crippen LogP contribution in [0.5, 0.6) is 0 Å². The standard InChI is InChI=1S/C11H11N3O2S2/c1-2-16-10(15)7-18-11(17)14-9-6-4-3-5-8(9)12-13-14/h3-6H,2,7H2,1H3. The summed E-state index contributed by atoms with van der Waals surface area (Å²) in [5.41, 5.74) is 1.61. The molecule has 1 aromatic heterocycles. The van der Waals surface area contributed by atoms with Gasteiger partial charge in [-0.05, 0) is 19.1 Å². The van der Waals surface area contributed by atoms with Crippen molar-refractivity contribution in [2.24, 2.45) is 0 Å². The van der Waals surface area contributed by atoms with Crippen molar-refractivity contribution in [1.29, 1.82) is 0 Å². The second-order valence-electron chi connectivity index (χ2n) is 3.35. The van der Waals surface area contributed by atoms with Gasteiger partial charge in [0.2, 0.25) is 0 Å². The molecule has 1 aromatic carbocycles. The van der Waals surface area contributed by atoms with Crippen LogP contribution in [0.25, 0.3) is 11.0 Å². The SMILES string of the molecule is CCOC(=O)CSC(=S)n1nnc2ccccc21. The Morgan fingerprint density at radius 2 is 2.28 bits per heavy atom. The minimum absolute atomic E-state index is 0.181. The highest BCUT2D eigenvalue weighted by atomic mass is 32.2. The van der Waals surface area contributed by atoms with Crippen LogP contribution in [0.4, 0.5) is 0 Å². The van der Waals surface area contributed by atoms with Gasteiger partial charge in [-0.2, -0.15) is 4.68 Å². The largest absolute Gasteiger partial charge is 0.465 e. The molecule has 0 aliphatic rings. The zero-order valence-corrected chi connectivity index (χ0v) is 11.3. The number of hydrogen-bond donors (Lipinski definition) is 0. The van der Waals surface area contributed by atoms with E-state index in [2.05, 4.69) is 10.3 Å². The molecule has 0 aliphatic heterocycles. The van der Waals surface area contributed by atoms with Crippen molar-refractivity contribution in [1.82, 2.24) is 15.0 Å². The molecule has 1 heterocycles. The molecule has 7 heteroatoms. The monoisotopic (exact) mass is 281 g/mol. The van der Waals surface area contributed by atoms with Gasteiger partial charge >= 0.3 is 5.97 Å². The number of rotatable bonds is 3. The molecule has 0 saturated carbocycles. The number of nitrogens with zero attached hydrogens (tertiary/aromatic N) is 3. The Balaban J connectivity index is 2.07. The molecule has 18 heavy (non-hydrogen) atoms. The van der Waals surface area contributed by atoms with Gasteiger partial charge in [-0.3, -0.25) is 4.79 Å². The number of fused-ring (bicyclic) bond motifs is 1. The highest BCUT2D eigenvalue weighted by Gasteiger charge is 2.11. The van der Waals surface area contributed by atoms with Crippen molar-refractivity contribution < 1.29 is 9.53 Å².